The number of ether oxygens (including phenoxy) is 2. The van der Waals surface area contributed by atoms with Crippen LogP contribution in [0.4, 0.5) is 0 Å². The highest BCUT2D eigenvalue weighted by Gasteiger charge is 2.33. The smallest absolute Gasteiger partial charge is 0.365 e. The fourth-order valence-electron chi connectivity index (χ4n) is 1.80. The first-order valence-corrected chi connectivity index (χ1v) is 6.76. The monoisotopic (exact) mass is 357 g/mol. The molecule has 112 valence electrons. The maximum Gasteiger partial charge on any atom is 0.365 e. The summed E-state index contributed by atoms with van der Waals surface area (Å²) < 4.78 is 10.6. The molecule has 0 unspecified atom stereocenters. The van der Waals surface area contributed by atoms with E-state index in [0.717, 1.165) is 0 Å². The summed E-state index contributed by atoms with van der Waals surface area (Å²) >= 11 is 3.21. The van der Waals surface area contributed by atoms with Crippen LogP contribution < -0.4 is 9.47 Å². The molecule has 7 nitrogen and oxygen atoms in total. The molecular formula is C13H12BrNO6. The van der Waals surface area contributed by atoms with Gasteiger partial charge in [0.1, 0.15) is 0 Å². The number of rotatable bonds is 4. The highest BCUT2D eigenvalue weighted by molar-refractivity contribution is 9.10. The molecule has 2 amide bonds. The van der Waals surface area contributed by atoms with Gasteiger partial charge in [0.25, 0.3) is 11.8 Å². The Balaban J connectivity index is 2.27. The third-order valence-corrected chi connectivity index (χ3v) is 3.53. The van der Waals surface area contributed by atoms with Crippen molar-refractivity contribution in [1.82, 2.24) is 5.06 Å². The number of hydrogen-bond donors (Lipinski definition) is 0. The van der Waals surface area contributed by atoms with E-state index in [2.05, 4.69) is 15.9 Å². The van der Waals surface area contributed by atoms with Gasteiger partial charge in [0, 0.05) is 17.3 Å². The normalized spacial score (nSPS) is 14.3. The van der Waals surface area contributed by atoms with Crippen LogP contribution in [0.25, 0.3) is 0 Å². The Morgan fingerprint density at radius 3 is 2.14 bits per heavy atom. The van der Waals surface area contributed by atoms with Crippen molar-refractivity contribution in [3.05, 3.63) is 22.2 Å². The van der Waals surface area contributed by atoms with Crippen molar-refractivity contribution in [3.8, 4) is 11.5 Å². The maximum atomic E-state index is 12.1. The number of imide groups is 1. The summed E-state index contributed by atoms with van der Waals surface area (Å²) in [6.07, 6.45) is 0.0818. The van der Waals surface area contributed by atoms with E-state index in [4.69, 9.17) is 14.3 Å². The molecule has 8 heteroatoms. The number of halogens is 1. The lowest BCUT2D eigenvalue weighted by Crippen LogP contribution is -2.32. The lowest BCUT2D eigenvalue weighted by Gasteiger charge is -2.15. The van der Waals surface area contributed by atoms with E-state index in [-0.39, 0.29) is 18.4 Å². The molecule has 0 saturated carbocycles. The quantitative estimate of drug-likeness (QED) is 0.762. The van der Waals surface area contributed by atoms with E-state index >= 15 is 0 Å². The van der Waals surface area contributed by atoms with Crippen LogP contribution >= 0.6 is 15.9 Å². The van der Waals surface area contributed by atoms with Gasteiger partial charge < -0.3 is 14.3 Å². The van der Waals surface area contributed by atoms with E-state index in [0.29, 0.717) is 21.0 Å². The van der Waals surface area contributed by atoms with Crippen LogP contribution in [0, 0.1) is 0 Å². The molecule has 1 fully saturated rings. The van der Waals surface area contributed by atoms with Crippen LogP contribution in [0.2, 0.25) is 0 Å². The number of methoxy groups -OCH3 is 2. The SMILES string of the molecule is COc1cc(Br)c(C(=O)ON2C(=O)CCC2=O)cc1OC. The third kappa shape index (κ3) is 2.99. The van der Waals surface area contributed by atoms with Crippen LogP contribution in [-0.4, -0.2) is 37.1 Å². The zero-order valence-electron chi connectivity index (χ0n) is 11.3. The molecule has 21 heavy (non-hydrogen) atoms. The first kappa shape index (κ1) is 15.3. The lowest BCUT2D eigenvalue weighted by atomic mass is 10.2. The zero-order chi connectivity index (χ0) is 15.6. The van der Waals surface area contributed by atoms with Gasteiger partial charge in [-0.15, -0.1) is 5.06 Å². The van der Waals surface area contributed by atoms with Gasteiger partial charge in [-0.25, -0.2) is 4.79 Å². The van der Waals surface area contributed by atoms with Crippen LogP contribution in [0.5, 0.6) is 11.5 Å². The van der Waals surface area contributed by atoms with Gasteiger partial charge in [0.15, 0.2) is 11.5 Å². The van der Waals surface area contributed by atoms with Gasteiger partial charge in [-0.1, -0.05) is 0 Å². The molecule has 0 spiro atoms. The summed E-state index contributed by atoms with van der Waals surface area (Å²) in [5.74, 6) is -1.16. The largest absolute Gasteiger partial charge is 0.493 e. The summed E-state index contributed by atoms with van der Waals surface area (Å²) in [4.78, 5) is 39.8. The fraction of sp³-hybridized carbons (Fsp3) is 0.308. The van der Waals surface area contributed by atoms with E-state index in [1.807, 2.05) is 0 Å². The van der Waals surface area contributed by atoms with Gasteiger partial charge in [-0.3, -0.25) is 9.59 Å². The molecule has 1 aliphatic heterocycles. The highest BCUT2D eigenvalue weighted by atomic mass is 79.9. The number of benzene rings is 1. The van der Waals surface area contributed by atoms with Crippen molar-refractivity contribution < 1.29 is 28.7 Å². The molecule has 1 aromatic carbocycles. The van der Waals surface area contributed by atoms with Crippen molar-refractivity contribution in [1.29, 1.82) is 0 Å². The maximum absolute atomic E-state index is 12.1. The molecule has 0 radical (unpaired) electrons. The minimum Gasteiger partial charge on any atom is -0.493 e. The Morgan fingerprint density at radius 1 is 1.10 bits per heavy atom. The standard InChI is InChI=1S/C13H12BrNO6/c1-19-9-5-7(8(14)6-10(9)20-2)13(18)21-15-11(16)3-4-12(15)17/h5-6H,3-4H2,1-2H3. The Kier molecular flexibility index (Phi) is 4.46. The molecule has 0 N–H and O–H groups in total. The molecule has 1 heterocycles. The Labute approximate surface area is 128 Å². The molecule has 0 atom stereocenters. The Hall–Kier alpha value is -2.09. The summed E-state index contributed by atoms with van der Waals surface area (Å²) in [6.45, 7) is 0. The van der Waals surface area contributed by atoms with E-state index in [1.165, 1.54) is 26.4 Å². The minimum absolute atomic E-state index is 0.0409. The number of carbonyl (C=O) groups excluding carboxylic acids is 3. The Bertz CT molecular complexity index is 599. The second-order valence-corrected chi connectivity index (χ2v) is 5.00. The van der Waals surface area contributed by atoms with Gasteiger partial charge >= 0.3 is 5.97 Å². The summed E-state index contributed by atoms with van der Waals surface area (Å²) in [6, 6.07) is 2.93. The molecule has 0 aliphatic carbocycles. The molecule has 2 rings (SSSR count). The second-order valence-electron chi connectivity index (χ2n) is 4.15. The summed E-state index contributed by atoms with van der Waals surface area (Å²) in [5, 5.41) is 0.492. The van der Waals surface area contributed by atoms with E-state index in [9.17, 15) is 14.4 Å². The predicted molar refractivity (Wildman–Crippen MR) is 73.7 cm³/mol. The number of hydrogen-bond acceptors (Lipinski definition) is 6. The highest BCUT2D eigenvalue weighted by Crippen LogP contribution is 2.33. The average Bonchev–Trinajstić information content (AvgIpc) is 2.78. The second kappa shape index (κ2) is 6.13. The lowest BCUT2D eigenvalue weighted by molar-refractivity contribution is -0.172. The van der Waals surface area contributed by atoms with Crippen LogP contribution in [0.3, 0.4) is 0 Å². The van der Waals surface area contributed by atoms with Crippen LogP contribution in [0.1, 0.15) is 23.2 Å². The fourth-order valence-corrected chi connectivity index (χ4v) is 2.28. The molecule has 1 aliphatic rings. The van der Waals surface area contributed by atoms with Crippen molar-refractivity contribution in [2.45, 2.75) is 12.8 Å². The van der Waals surface area contributed by atoms with Crippen molar-refractivity contribution in [3.63, 3.8) is 0 Å². The van der Waals surface area contributed by atoms with E-state index in [1.54, 1.807) is 0 Å². The van der Waals surface area contributed by atoms with Gasteiger partial charge in [0.2, 0.25) is 0 Å². The van der Waals surface area contributed by atoms with Gasteiger partial charge in [0.05, 0.1) is 19.8 Å². The zero-order valence-corrected chi connectivity index (χ0v) is 12.9. The molecule has 0 bridgehead atoms. The van der Waals surface area contributed by atoms with Crippen molar-refractivity contribution in [2.24, 2.45) is 0 Å². The Morgan fingerprint density at radius 2 is 1.62 bits per heavy atom. The van der Waals surface area contributed by atoms with Crippen LogP contribution in [0.15, 0.2) is 16.6 Å². The van der Waals surface area contributed by atoms with Crippen molar-refractivity contribution in [2.75, 3.05) is 14.2 Å². The van der Waals surface area contributed by atoms with Crippen molar-refractivity contribution >= 4 is 33.7 Å². The first-order valence-electron chi connectivity index (χ1n) is 5.97. The number of carbonyl (C=O) groups is 3. The van der Waals surface area contributed by atoms with Gasteiger partial charge in [-0.2, -0.15) is 0 Å². The predicted octanol–water partition coefficient (Wildman–Crippen LogP) is 1.69. The first-order chi connectivity index (χ1) is 9.97. The molecule has 1 aromatic rings. The summed E-state index contributed by atoms with van der Waals surface area (Å²) in [7, 11) is 2.89. The molecule has 0 aromatic heterocycles. The number of nitrogens with zero attached hydrogens (tertiary/aromatic N) is 1. The van der Waals surface area contributed by atoms with Crippen LogP contribution in [-0.2, 0) is 14.4 Å². The van der Waals surface area contributed by atoms with E-state index < -0.39 is 17.8 Å². The topological polar surface area (TPSA) is 82.1 Å². The minimum atomic E-state index is -0.841. The molecule has 1 saturated heterocycles. The number of hydroxylamine groups is 2. The number of amides is 2. The van der Waals surface area contributed by atoms with Gasteiger partial charge in [-0.05, 0) is 28.1 Å². The third-order valence-electron chi connectivity index (χ3n) is 2.87. The molecular weight excluding hydrogens is 346 g/mol. The summed E-state index contributed by atoms with van der Waals surface area (Å²) in [5.41, 5.74) is 0.111. The average molecular weight is 358 g/mol.